The van der Waals surface area contributed by atoms with Gasteiger partial charge in [0.2, 0.25) is 0 Å². The first-order valence-electron chi connectivity index (χ1n) is 10.4. The van der Waals surface area contributed by atoms with Gasteiger partial charge in [-0.15, -0.1) is 0 Å². The molecule has 1 fully saturated rings. The van der Waals surface area contributed by atoms with Gasteiger partial charge in [0.05, 0.1) is 23.8 Å². The van der Waals surface area contributed by atoms with Crippen LogP contribution in [-0.4, -0.2) is 28.6 Å². The third kappa shape index (κ3) is 3.74. The summed E-state index contributed by atoms with van der Waals surface area (Å²) in [7, 11) is 1.67. The second-order valence-corrected chi connectivity index (χ2v) is 8.34. The van der Waals surface area contributed by atoms with Crippen LogP contribution in [0.3, 0.4) is 0 Å². The van der Waals surface area contributed by atoms with Crippen LogP contribution in [0.25, 0.3) is 16.7 Å². The van der Waals surface area contributed by atoms with Crippen molar-refractivity contribution in [2.75, 3.05) is 7.11 Å². The van der Waals surface area contributed by atoms with Crippen molar-refractivity contribution < 1.29 is 9.53 Å². The highest BCUT2D eigenvalue weighted by Gasteiger charge is 2.28. The number of rotatable bonds is 4. The molecule has 29 heavy (non-hydrogen) atoms. The Morgan fingerprint density at radius 1 is 1.17 bits per heavy atom. The second-order valence-electron chi connectivity index (χ2n) is 8.34. The fourth-order valence-corrected chi connectivity index (χ4v) is 4.37. The zero-order valence-corrected chi connectivity index (χ0v) is 17.6. The molecular formula is C24H29N3O2. The Balaban J connectivity index is 1.62. The molecular weight excluding hydrogens is 362 g/mol. The molecule has 5 nitrogen and oxygen atoms in total. The molecule has 1 aliphatic rings. The largest absolute Gasteiger partial charge is 0.495 e. The van der Waals surface area contributed by atoms with Gasteiger partial charge in [-0.1, -0.05) is 32.8 Å². The number of carbonyl (C=O) groups excluding carboxylic acids is 1. The monoisotopic (exact) mass is 391 g/mol. The molecule has 1 aromatic heterocycles. The van der Waals surface area contributed by atoms with Crippen LogP contribution in [0.2, 0.25) is 0 Å². The molecule has 5 heteroatoms. The molecule has 1 N–H and O–H groups in total. The number of nitrogens with one attached hydrogen (secondary N) is 1. The lowest BCUT2D eigenvalue weighted by Crippen LogP contribution is -2.43. The van der Waals surface area contributed by atoms with Crippen molar-refractivity contribution in [3.8, 4) is 11.4 Å². The van der Waals surface area contributed by atoms with E-state index in [1.807, 2.05) is 34.9 Å². The van der Waals surface area contributed by atoms with Gasteiger partial charge in [0.15, 0.2) is 0 Å². The molecule has 0 spiro atoms. The van der Waals surface area contributed by atoms with Gasteiger partial charge in [0, 0.05) is 11.6 Å². The summed E-state index contributed by atoms with van der Waals surface area (Å²) in [4.78, 5) is 17.4. The van der Waals surface area contributed by atoms with Gasteiger partial charge in [-0.2, -0.15) is 0 Å². The number of fused-ring (bicyclic) bond motifs is 1. The van der Waals surface area contributed by atoms with Crippen molar-refractivity contribution in [1.82, 2.24) is 14.9 Å². The number of nitrogens with zero attached hydrogens (tertiary/aromatic N) is 2. The minimum Gasteiger partial charge on any atom is -0.495 e. The van der Waals surface area contributed by atoms with Crippen LogP contribution in [0.4, 0.5) is 0 Å². The number of methoxy groups -OCH3 is 1. The van der Waals surface area contributed by atoms with E-state index in [0.717, 1.165) is 34.5 Å². The van der Waals surface area contributed by atoms with Gasteiger partial charge in [-0.25, -0.2) is 4.98 Å². The van der Waals surface area contributed by atoms with Crippen LogP contribution < -0.4 is 10.1 Å². The molecule has 0 bridgehead atoms. The van der Waals surface area contributed by atoms with Gasteiger partial charge in [-0.3, -0.25) is 9.36 Å². The molecule has 0 aliphatic heterocycles. The number of carbonyl (C=O) groups is 1. The lowest BCUT2D eigenvalue weighted by Gasteiger charge is -2.34. The minimum absolute atomic E-state index is 0.0134. The summed E-state index contributed by atoms with van der Waals surface area (Å²) >= 11 is 0. The van der Waals surface area contributed by atoms with Crippen molar-refractivity contribution >= 4 is 16.9 Å². The molecule has 152 valence electrons. The Labute approximate surface area is 172 Å². The first kappa shape index (κ1) is 19.5. The van der Waals surface area contributed by atoms with Crippen LogP contribution in [0, 0.1) is 18.8 Å². The Hall–Kier alpha value is -2.82. The summed E-state index contributed by atoms with van der Waals surface area (Å²) < 4.78 is 7.53. The van der Waals surface area contributed by atoms with Gasteiger partial charge < -0.3 is 10.1 Å². The Morgan fingerprint density at radius 2 is 2.00 bits per heavy atom. The molecule has 0 saturated heterocycles. The normalized spacial score (nSPS) is 21.9. The molecule has 1 heterocycles. The van der Waals surface area contributed by atoms with Crippen LogP contribution >= 0.6 is 0 Å². The topological polar surface area (TPSA) is 56.2 Å². The van der Waals surface area contributed by atoms with E-state index in [1.54, 1.807) is 13.4 Å². The third-order valence-electron chi connectivity index (χ3n) is 6.43. The summed E-state index contributed by atoms with van der Waals surface area (Å²) in [6.45, 7) is 6.58. The SMILES string of the molecule is COc1ccc(C)cc1-n1cnc2cc(C(=O)NC3CCCC(C)C3C)ccc21. The fraction of sp³-hybridized carbons (Fsp3) is 0.417. The van der Waals surface area contributed by atoms with E-state index in [0.29, 0.717) is 17.4 Å². The second kappa shape index (κ2) is 7.90. The summed E-state index contributed by atoms with van der Waals surface area (Å²) in [6.07, 6.45) is 5.27. The highest BCUT2D eigenvalue weighted by Crippen LogP contribution is 2.30. The molecule has 0 radical (unpaired) electrons. The maximum atomic E-state index is 12.9. The molecule has 3 atom stereocenters. The molecule has 3 unspecified atom stereocenters. The highest BCUT2D eigenvalue weighted by atomic mass is 16.5. The van der Waals surface area contributed by atoms with Crippen LogP contribution in [0.15, 0.2) is 42.7 Å². The lowest BCUT2D eigenvalue weighted by atomic mass is 9.78. The zero-order chi connectivity index (χ0) is 20.5. The fourth-order valence-electron chi connectivity index (χ4n) is 4.37. The lowest BCUT2D eigenvalue weighted by molar-refractivity contribution is 0.0891. The number of ether oxygens (including phenoxy) is 1. The van der Waals surface area contributed by atoms with Crippen molar-refractivity contribution in [1.29, 1.82) is 0 Å². The summed E-state index contributed by atoms with van der Waals surface area (Å²) in [6, 6.07) is 12.0. The maximum Gasteiger partial charge on any atom is 0.251 e. The van der Waals surface area contributed by atoms with Crippen molar-refractivity contribution in [3.63, 3.8) is 0 Å². The van der Waals surface area contributed by atoms with Gasteiger partial charge in [-0.05, 0) is 61.1 Å². The molecule has 3 aromatic rings. The van der Waals surface area contributed by atoms with E-state index in [9.17, 15) is 4.79 Å². The van der Waals surface area contributed by atoms with Crippen LogP contribution in [-0.2, 0) is 0 Å². The van der Waals surface area contributed by atoms with Crippen LogP contribution in [0.1, 0.15) is 49.0 Å². The highest BCUT2D eigenvalue weighted by molar-refractivity contribution is 5.97. The first-order chi connectivity index (χ1) is 14.0. The molecule has 1 amide bonds. The van der Waals surface area contributed by atoms with E-state index in [1.165, 1.54) is 12.8 Å². The Bertz CT molecular complexity index is 1040. The third-order valence-corrected chi connectivity index (χ3v) is 6.43. The van der Waals surface area contributed by atoms with Crippen molar-refractivity contribution in [2.24, 2.45) is 11.8 Å². The minimum atomic E-state index is -0.0134. The first-order valence-corrected chi connectivity index (χ1v) is 10.4. The average Bonchev–Trinajstić information content (AvgIpc) is 3.14. The van der Waals surface area contributed by atoms with Crippen molar-refractivity contribution in [2.45, 2.75) is 46.1 Å². The molecule has 4 rings (SSSR count). The number of aromatic nitrogens is 2. The predicted octanol–water partition coefficient (Wildman–Crippen LogP) is 4.90. The summed E-state index contributed by atoms with van der Waals surface area (Å²) in [5.74, 6) is 1.93. The number of benzene rings is 2. The maximum absolute atomic E-state index is 12.9. The van der Waals surface area contributed by atoms with E-state index in [-0.39, 0.29) is 11.9 Å². The molecule has 1 aliphatic carbocycles. The molecule has 2 aromatic carbocycles. The van der Waals surface area contributed by atoms with E-state index < -0.39 is 0 Å². The standard InChI is InChI=1S/C24H29N3O2/c1-15-8-11-23(29-4)22(12-15)27-14-25-20-13-18(9-10-21(20)27)24(28)26-19-7-5-6-16(2)17(19)3/h8-14,16-17,19H,5-7H2,1-4H3,(H,26,28). The quantitative estimate of drug-likeness (QED) is 0.688. The number of amides is 1. The number of hydrogen-bond donors (Lipinski definition) is 1. The van der Waals surface area contributed by atoms with Gasteiger partial charge in [0.25, 0.3) is 5.91 Å². The Kier molecular flexibility index (Phi) is 5.31. The zero-order valence-electron chi connectivity index (χ0n) is 17.6. The van der Waals surface area contributed by atoms with Crippen molar-refractivity contribution in [3.05, 3.63) is 53.9 Å². The summed E-state index contributed by atoms with van der Waals surface area (Å²) in [5.41, 5.74) is 4.49. The average molecular weight is 392 g/mol. The number of hydrogen-bond acceptors (Lipinski definition) is 3. The number of aryl methyl sites for hydroxylation is 1. The van der Waals surface area contributed by atoms with Crippen LogP contribution in [0.5, 0.6) is 5.75 Å². The van der Waals surface area contributed by atoms with E-state index in [4.69, 9.17) is 4.74 Å². The Morgan fingerprint density at radius 3 is 2.79 bits per heavy atom. The van der Waals surface area contributed by atoms with Gasteiger partial charge >= 0.3 is 0 Å². The smallest absolute Gasteiger partial charge is 0.251 e. The van der Waals surface area contributed by atoms with Gasteiger partial charge in [0.1, 0.15) is 12.1 Å². The predicted molar refractivity (Wildman–Crippen MR) is 116 cm³/mol. The molecule has 1 saturated carbocycles. The van der Waals surface area contributed by atoms with E-state index >= 15 is 0 Å². The van der Waals surface area contributed by atoms with E-state index in [2.05, 4.69) is 37.1 Å². The summed E-state index contributed by atoms with van der Waals surface area (Å²) in [5, 5.41) is 3.25. The number of imidazole rings is 1.